The molecule has 1 aromatic heterocycles. The summed E-state index contributed by atoms with van der Waals surface area (Å²) >= 11 is 6.34. The molecule has 0 spiro atoms. The minimum Gasteiger partial charge on any atom is -0.351 e. The van der Waals surface area contributed by atoms with Gasteiger partial charge in [-0.15, -0.1) is 0 Å². The van der Waals surface area contributed by atoms with E-state index in [1.807, 2.05) is 26.0 Å². The fourth-order valence-corrected chi connectivity index (χ4v) is 2.88. The van der Waals surface area contributed by atoms with Crippen LogP contribution >= 0.6 is 11.6 Å². The number of benzene rings is 1. The second-order valence-electron chi connectivity index (χ2n) is 6.69. The molecule has 0 saturated carbocycles. The van der Waals surface area contributed by atoms with Crippen LogP contribution in [-0.4, -0.2) is 22.4 Å². The molecule has 0 radical (unpaired) electrons. The van der Waals surface area contributed by atoms with E-state index in [-0.39, 0.29) is 5.91 Å². The highest BCUT2D eigenvalue weighted by atomic mass is 35.5. The van der Waals surface area contributed by atoms with E-state index < -0.39 is 0 Å². The summed E-state index contributed by atoms with van der Waals surface area (Å²) in [6, 6.07) is 5.58. The molecule has 25 heavy (non-hydrogen) atoms. The van der Waals surface area contributed by atoms with Crippen molar-refractivity contribution in [2.75, 3.05) is 11.9 Å². The number of nitrogens with one attached hydrogen (secondary N) is 2. The summed E-state index contributed by atoms with van der Waals surface area (Å²) in [6.45, 7) is 10.6. The van der Waals surface area contributed by atoms with Crippen LogP contribution in [0.4, 0.5) is 11.5 Å². The van der Waals surface area contributed by atoms with Crippen molar-refractivity contribution in [1.29, 1.82) is 0 Å². The number of aromatic nitrogens is 2. The lowest BCUT2D eigenvalue weighted by molar-refractivity contribution is 0.0946. The van der Waals surface area contributed by atoms with Crippen LogP contribution in [0.1, 0.15) is 47.7 Å². The highest BCUT2D eigenvalue weighted by Gasteiger charge is 2.12. The van der Waals surface area contributed by atoms with Crippen molar-refractivity contribution in [3.63, 3.8) is 0 Å². The van der Waals surface area contributed by atoms with E-state index in [9.17, 15) is 4.79 Å². The molecule has 0 unspecified atom stereocenters. The lowest BCUT2D eigenvalue weighted by Gasteiger charge is -2.13. The average molecular weight is 361 g/mol. The Hall–Kier alpha value is -2.14. The van der Waals surface area contributed by atoms with E-state index in [0.717, 1.165) is 23.2 Å². The van der Waals surface area contributed by atoms with Crippen molar-refractivity contribution in [2.24, 2.45) is 5.92 Å². The van der Waals surface area contributed by atoms with Crippen LogP contribution in [0, 0.1) is 26.7 Å². The minimum atomic E-state index is -0.194. The van der Waals surface area contributed by atoms with E-state index >= 15 is 0 Å². The number of amides is 1. The molecule has 0 aliphatic heterocycles. The molecular weight excluding hydrogens is 336 g/mol. The molecule has 2 N–H and O–H groups in total. The molecule has 2 rings (SSSR count). The molecule has 0 saturated heterocycles. The van der Waals surface area contributed by atoms with Crippen LogP contribution < -0.4 is 10.6 Å². The Balaban J connectivity index is 2.20. The van der Waals surface area contributed by atoms with Crippen molar-refractivity contribution in [1.82, 2.24) is 15.3 Å². The summed E-state index contributed by atoms with van der Waals surface area (Å²) in [7, 11) is 0. The monoisotopic (exact) mass is 360 g/mol. The van der Waals surface area contributed by atoms with Crippen molar-refractivity contribution < 1.29 is 4.79 Å². The number of anilines is 2. The molecule has 1 aromatic carbocycles. The largest absolute Gasteiger partial charge is 0.351 e. The van der Waals surface area contributed by atoms with Crippen molar-refractivity contribution in [3.05, 3.63) is 45.9 Å². The van der Waals surface area contributed by atoms with E-state index in [1.54, 1.807) is 13.0 Å². The van der Waals surface area contributed by atoms with Gasteiger partial charge in [0.05, 0.1) is 10.7 Å². The second-order valence-corrected chi connectivity index (χ2v) is 7.09. The molecule has 0 fully saturated rings. The third-order valence-corrected chi connectivity index (χ3v) is 4.06. The molecule has 1 amide bonds. The second kappa shape index (κ2) is 8.30. The first-order valence-corrected chi connectivity index (χ1v) is 8.81. The smallest absolute Gasteiger partial charge is 0.270 e. The van der Waals surface area contributed by atoms with E-state index in [2.05, 4.69) is 34.4 Å². The fraction of sp³-hybridized carbons (Fsp3) is 0.421. The van der Waals surface area contributed by atoms with Gasteiger partial charge in [0.15, 0.2) is 0 Å². The highest BCUT2D eigenvalue weighted by molar-refractivity contribution is 6.33. The maximum Gasteiger partial charge on any atom is 0.270 e. The van der Waals surface area contributed by atoms with Gasteiger partial charge >= 0.3 is 0 Å². The predicted octanol–water partition coefficient (Wildman–Crippen LogP) is 4.57. The molecule has 134 valence electrons. The first-order valence-electron chi connectivity index (χ1n) is 8.44. The van der Waals surface area contributed by atoms with Gasteiger partial charge in [0.2, 0.25) is 0 Å². The van der Waals surface area contributed by atoms with Crippen LogP contribution in [0.5, 0.6) is 0 Å². The van der Waals surface area contributed by atoms with Crippen LogP contribution in [0.3, 0.4) is 0 Å². The molecule has 6 heteroatoms. The SMILES string of the molecule is Cc1cc(C)c(Nc2cc(C(=O)NCCC(C)C)nc(C)n2)c(Cl)c1. The van der Waals surface area contributed by atoms with Gasteiger partial charge in [-0.25, -0.2) is 9.97 Å². The molecule has 5 nitrogen and oxygen atoms in total. The van der Waals surface area contributed by atoms with Crippen molar-refractivity contribution >= 4 is 29.0 Å². The number of hydrogen-bond donors (Lipinski definition) is 2. The Morgan fingerprint density at radius 1 is 1.16 bits per heavy atom. The number of aryl methyl sites for hydroxylation is 3. The van der Waals surface area contributed by atoms with Gasteiger partial charge in [-0.05, 0) is 50.3 Å². The number of halogens is 1. The highest BCUT2D eigenvalue weighted by Crippen LogP contribution is 2.29. The Morgan fingerprint density at radius 3 is 2.52 bits per heavy atom. The molecule has 0 aliphatic rings. The van der Waals surface area contributed by atoms with Crippen molar-refractivity contribution in [3.8, 4) is 0 Å². The first kappa shape index (κ1) is 19.2. The number of carbonyl (C=O) groups excluding carboxylic acids is 1. The van der Waals surface area contributed by atoms with Crippen LogP contribution in [-0.2, 0) is 0 Å². The van der Waals surface area contributed by atoms with Crippen LogP contribution in [0.25, 0.3) is 0 Å². The molecular formula is C19H25ClN4O. The van der Waals surface area contributed by atoms with Gasteiger partial charge in [-0.3, -0.25) is 4.79 Å². The lowest BCUT2D eigenvalue weighted by Crippen LogP contribution is -2.26. The minimum absolute atomic E-state index is 0.194. The van der Waals surface area contributed by atoms with Gasteiger partial charge in [0, 0.05) is 12.6 Å². The van der Waals surface area contributed by atoms with E-state index in [0.29, 0.717) is 34.8 Å². The first-order chi connectivity index (χ1) is 11.8. The molecule has 1 heterocycles. The van der Waals surface area contributed by atoms with E-state index in [4.69, 9.17) is 11.6 Å². The summed E-state index contributed by atoms with van der Waals surface area (Å²) in [5.41, 5.74) is 3.25. The quantitative estimate of drug-likeness (QED) is 0.791. The summed E-state index contributed by atoms with van der Waals surface area (Å²) in [6.07, 6.45) is 0.930. The summed E-state index contributed by atoms with van der Waals surface area (Å²) < 4.78 is 0. The normalized spacial score (nSPS) is 10.8. The number of hydrogen-bond acceptors (Lipinski definition) is 4. The standard InChI is InChI=1S/C19H25ClN4O/c1-11(2)6-7-21-19(25)16-10-17(23-14(5)22-16)24-18-13(4)8-12(3)9-15(18)20/h8-11H,6-7H2,1-5H3,(H,21,25)(H,22,23,24). The van der Waals surface area contributed by atoms with E-state index in [1.165, 1.54) is 0 Å². The fourth-order valence-electron chi connectivity index (χ4n) is 2.52. The van der Waals surface area contributed by atoms with Gasteiger partial charge in [-0.1, -0.05) is 31.5 Å². The molecule has 0 aliphatic carbocycles. The average Bonchev–Trinajstić information content (AvgIpc) is 2.49. The van der Waals surface area contributed by atoms with Crippen LogP contribution in [0.15, 0.2) is 18.2 Å². The topological polar surface area (TPSA) is 66.9 Å². The van der Waals surface area contributed by atoms with Gasteiger partial charge in [0.1, 0.15) is 17.3 Å². The number of rotatable bonds is 6. The zero-order valence-electron chi connectivity index (χ0n) is 15.4. The molecule has 2 aromatic rings. The Morgan fingerprint density at radius 2 is 1.88 bits per heavy atom. The Labute approximate surface area is 154 Å². The predicted molar refractivity (Wildman–Crippen MR) is 103 cm³/mol. The zero-order valence-corrected chi connectivity index (χ0v) is 16.2. The lowest BCUT2D eigenvalue weighted by atomic mass is 10.1. The van der Waals surface area contributed by atoms with Crippen LogP contribution in [0.2, 0.25) is 5.02 Å². The number of nitrogens with zero attached hydrogens (tertiary/aromatic N) is 2. The van der Waals surface area contributed by atoms with Crippen molar-refractivity contribution in [2.45, 2.75) is 41.0 Å². The third kappa shape index (κ3) is 5.43. The van der Waals surface area contributed by atoms with Gasteiger partial charge in [-0.2, -0.15) is 0 Å². The maximum absolute atomic E-state index is 12.3. The molecule has 0 bridgehead atoms. The molecule has 0 atom stereocenters. The summed E-state index contributed by atoms with van der Waals surface area (Å²) in [5, 5.41) is 6.73. The Bertz CT molecular complexity index is 751. The summed E-state index contributed by atoms with van der Waals surface area (Å²) in [5.74, 6) is 1.42. The van der Waals surface area contributed by atoms with Gasteiger partial charge < -0.3 is 10.6 Å². The Kier molecular flexibility index (Phi) is 6.37. The summed E-state index contributed by atoms with van der Waals surface area (Å²) in [4.78, 5) is 20.9. The van der Waals surface area contributed by atoms with Gasteiger partial charge in [0.25, 0.3) is 5.91 Å². The third-order valence-electron chi connectivity index (χ3n) is 3.76. The zero-order chi connectivity index (χ0) is 18.6. The number of carbonyl (C=O) groups is 1. The maximum atomic E-state index is 12.3.